The molecular weight excluding hydrogens is 342 g/mol. The first kappa shape index (κ1) is 17.7. The van der Waals surface area contributed by atoms with E-state index in [9.17, 15) is 13.2 Å². The summed E-state index contributed by atoms with van der Waals surface area (Å²) < 4.78 is 29.5. The largest absolute Gasteiger partial charge is 0.377 e. The third-order valence-electron chi connectivity index (χ3n) is 4.23. The molecule has 0 amide bonds. The van der Waals surface area contributed by atoms with E-state index in [4.69, 9.17) is 4.74 Å². The minimum atomic E-state index is -2.68. The summed E-state index contributed by atoms with van der Waals surface area (Å²) in [6.45, 7) is 4.21. The number of aromatic nitrogens is 1. The fourth-order valence-electron chi connectivity index (χ4n) is 3.04. The molecule has 0 unspecified atom stereocenters. The van der Waals surface area contributed by atoms with Crippen molar-refractivity contribution in [2.75, 3.05) is 24.7 Å². The van der Waals surface area contributed by atoms with E-state index >= 15 is 0 Å². The number of nitrogens with zero attached hydrogens (tertiary/aromatic N) is 1. The number of rotatable bonds is 5. The van der Waals surface area contributed by atoms with Crippen LogP contribution in [0.15, 0.2) is 41.2 Å². The van der Waals surface area contributed by atoms with Crippen molar-refractivity contribution in [2.45, 2.75) is 19.5 Å². The van der Waals surface area contributed by atoms with Gasteiger partial charge in [-0.15, -0.1) is 0 Å². The van der Waals surface area contributed by atoms with Gasteiger partial charge in [0, 0.05) is 36.4 Å². The second kappa shape index (κ2) is 7.81. The van der Waals surface area contributed by atoms with Crippen LogP contribution >= 0.6 is 0 Å². The number of nitrogens with one attached hydrogen (secondary N) is 2. The van der Waals surface area contributed by atoms with Gasteiger partial charge in [-0.2, -0.15) is 0 Å². The highest BCUT2D eigenvalue weighted by molar-refractivity contribution is 7.70. The molecule has 2 aromatic rings. The zero-order chi connectivity index (χ0) is 17.8. The number of H-pyrrole nitrogens is 1. The molecule has 1 aromatic heterocycles. The van der Waals surface area contributed by atoms with Crippen molar-refractivity contribution in [1.29, 1.82) is 0 Å². The Kier molecular flexibility index (Phi) is 5.52. The number of ether oxygens (including phenoxy) is 1. The zero-order valence-corrected chi connectivity index (χ0v) is 14.8. The molecule has 1 saturated heterocycles. The number of hydrogen-bond acceptors (Lipinski definition) is 5. The third-order valence-corrected chi connectivity index (χ3v) is 4.65. The number of benzene rings is 1. The van der Waals surface area contributed by atoms with Crippen LogP contribution in [0.5, 0.6) is 0 Å². The summed E-state index contributed by atoms with van der Waals surface area (Å²) in [6, 6.07) is 11.1. The van der Waals surface area contributed by atoms with Crippen LogP contribution in [-0.4, -0.2) is 39.2 Å². The molecular formula is C17H21N3O4S. The van der Waals surface area contributed by atoms with Gasteiger partial charge >= 0.3 is 0 Å². The molecule has 1 atom stereocenters. The monoisotopic (exact) mass is 363 g/mol. The van der Waals surface area contributed by atoms with Gasteiger partial charge in [0.2, 0.25) is 16.4 Å². The molecule has 1 aromatic carbocycles. The van der Waals surface area contributed by atoms with Gasteiger partial charge in [0.1, 0.15) is 0 Å². The van der Waals surface area contributed by atoms with Crippen LogP contribution in [0.3, 0.4) is 0 Å². The lowest BCUT2D eigenvalue weighted by molar-refractivity contribution is 0.0989. The summed E-state index contributed by atoms with van der Waals surface area (Å²) in [5, 5.41) is 0. The minimum absolute atomic E-state index is 0.176. The Hall–Kier alpha value is -2.16. The summed E-state index contributed by atoms with van der Waals surface area (Å²) in [4.78, 5) is 17.2. The lowest BCUT2D eigenvalue weighted by Crippen LogP contribution is -2.44. The number of pyridine rings is 1. The standard InChI is InChI=1S/C17H21N3O4S/c1-12-11-24-7-6-20(12)14-8-16(19-17(21)9-14)15-5-3-2-4-13(15)10-18-25(22)23/h2-5,8-9,12,25H,6-7,10-11H2,1H3,(H,19,21)(H,18,22,23)/t12-/m1/s1. The lowest BCUT2D eigenvalue weighted by atomic mass is 10.0. The second-order valence-electron chi connectivity index (χ2n) is 5.98. The normalized spacial score (nSPS) is 17.8. The van der Waals surface area contributed by atoms with Crippen molar-refractivity contribution in [3.8, 4) is 11.3 Å². The molecule has 1 aliphatic heterocycles. The summed E-state index contributed by atoms with van der Waals surface area (Å²) in [5.74, 6) is 0. The first-order valence-corrected chi connectivity index (χ1v) is 9.27. The van der Waals surface area contributed by atoms with E-state index in [0.717, 1.165) is 23.4 Å². The maximum Gasteiger partial charge on any atom is 0.250 e. The predicted octanol–water partition coefficient (Wildman–Crippen LogP) is 0.883. The topological polar surface area (TPSA) is 91.5 Å². The number of anilines is 1. The molecule has 134 valence electrons. The highest BCUT2D eigenvalue weighted by Crippen LogP contribution is 2.26. The third kappa shape index (κ3) is 4.28. The zero-order valence-electron chi connectivity index (χ0n) is 13.9. The Morgan fingerprint density at radius 3 is 2.88 bits per heavy atom. The first-order chi connectivity index (χ1) is 12.0. The summed E-state index contributed by atoms with van der Waals surface area (Å²) >= 11 is 0. The Balaban J connectivity index is 1.99. The van der Waals surface area contributed by atoms with Gasteiger partial charge in [0.25, 0.3) is 0 Å². The average Bonchev–Trinajstić information content (AvgIpc) is 2.60. The van der Waals surface area contributed by atoms with E-state index in [0.29, 0.717) is 18.9 Å². The van der Waals surface area contributed by atoms with E-state index in [1.807, 2.05) is 30.3 Å². The molecule has 0 spiro atoms. The molecule has 8 heteroatoms. The van der Waals surface area contributed by atoms with E-state index < -0.39 is 10.9 Å². The van der Waals surface area contributed by atoms with Gasteiger partial charge in [0.15, 0.2) is 0 Å². The molecule has 0 bridgehead atoms. The highest BCUT2D eigenvalue weighted by atomic mass is 32.2. The predicted molar refractivity (Wildman–Crippen MR) is 97.3 cm³/mol. The van der Waals surface area contributed by atoms with Crippen molar-refractivity contribution in [1.82, 2.24) is 9.71 Å². The van der Waals surface area contributed by atoms with Gasteiger partial charge in [-0.25, -0.2) is 13.1 Å². The summed E-state index contributed by atoms with van der Waals surface area (Å²) in [7, 11) is -2.68. The Morgan fingerprint density at radius 2 is 2.12 bits per heavy atom. The molecule has 1 aliphatic rings. The minimum Gasteiger partial charge on any atom is -0.377 e. The van der Waals surface area contributed by atoms with E-state index in [1.54, 1.807) is 6.07 Å². The number of thiol groups is 1. The van der Waals surface area contributed by atoms with Crippen LogP contribution in [0.1, 0.15) is 12.5 Å². The van der Waals surface area contributed by atoms with E-state index in [1.165, 1.54) is 0 Å². The van der Waals surface area contributed by atoms with Crippen LogP contribution < -0.4 is 15.2 Å². The Morgan fingerprint density at radius 1 is 1.32 bits per heavy atom. The smallest absolute Gasteiger partial charge is 0.250 e. The molecule has 2 N–H and O–H groups in total. The quantitative estimate of drug-likeness (QED) is 0.686. The number of morpholine rings is 1. The molecule has 25 heavy (non-hydrogen) atoms. The fraction of sp³-hybridized carbons (Fsp3) is 0.353. The molecule has 3 rings (SSSR count). The van der Waals surface area contributed by atoms with Gasteiger partial charge in [-0.05, 0) is 18.6 Å². The molecule has 2 heterocycles. The maximum absolute atomic E-state index is 12.2. The average molecular weight is 363 g/mol. The summed E-state index contributed by atoms with van der Waals surface area (Å²) in [6.07, 6.45) is 0. The van der Waals surface area contributed by atoms with Crippen LogP contribution in [0, 0.1) is 0 Å². The molecule has 0 saturated carbocycles. The maximum atomic E-state index is 12.2. The van der Waals surface area contributed by atoms with Crippen molar-refractivity contribution >= 4 is 16.6 Å². The SMILES string of the molecule is C[C@@H]1COCCN1c1cc(-c2ccccc2CN[SH](=O)=O)[nH]c(=O)c1. The van der Waals surface area contributed by atoms with Gasteiger partial charge in [0.05, 0.1) is 18.9 Å². The van der Waals surface area contributed by atoms with Crippen LogP contribution in [0.25, 0.3) is 11.3 Å². The lowest BCUT2D eigenvalue weighted by Gasteiger charge is -2.35. The van der Waals surface area contributed by atoms with Crippen molar-refractivity contribution < 1.29 is 13.2 Å². The van der Waals surface area contributed by atoms with Crippen LogP contribution in [0.4, 0.5) is 5.69 Å². The van der Waals surface area contributed by atoms with Gasteiger partial charge in [-0.3, -0.25) is 4.79 Å². The molecule has 0 aliphatic carbocycles. The van der Waals surface area contributed by atoms with E-state index in [2.05, 4.69) is 21.5 Å². The van der Waals surface area contributed by atoms with Crippen LogP contribution in [-0.2, 0) is 22.2 Å². The van der Waals surface area contributed by atoms with Crippen LogP contribution in [0.2, 0.25) is 0 Å². The number of hydrogen-bond donors (Lipinski definition) is 3. The van der Waals surface area contributed by atoms with Crippen molar-refractivity contribution in [3.63, 3.8) is 0 Å². The first-order valence-electron chi connectivity index (χ1n) is 8.09. The molecule has 0 radical (unpaired) electrons. The fourth-order valence-corrected chi connectivity index (χ4v) is 3.34. The highest BCUT2D eigenvalue weighted by Gasteiger charge is 2.20. The Bertz CT molecular complexity index is 870. The summed E-state index contributed by atoms with van der Waals surface area (Å²) in [5.41, 5.74) is 2.91. The van der Waals surface area contributed by atoms with Crippen molar-refractivity contribution in [3.05, 3.63) is 52.3 Å². The van der Waals surface area contributed by atoms with Gasteiger partial charge in [-0.1, -0.05) is 24.3 Å². The van der Waals surface area contributed by atoms with Gasteiger partial charge < -0.3 is 14.6 Å². The van der Waals surface area contributed by atoms with Crippen molar-refractivity contribution in [2.24, 2.45) is 0 Å². The number of aromatic amines is 1. The van der Waals surface area contributed by atoms with E-state index in [-0.39, 0.29) is 18.1 Å². The molecule has 1 fully saturated rings. The Labute approximate surface area is 147 Å². The second-order valence-corrected chi connectivity index (χ2v) is 6.81. The molecule has 7 nitrogen and oxygen atoms in total.